The van der Waals surface area contributed by atoms with Crippen LogP contribution in [0.2, 0.25) is 0 Å². The summed E-state index contributed by atoms with van der Waals surface area (Å²) < 4.78 is 0. The van der Waals surface area contributed by atoms with Crippen molar-refractivity contribution in [1.29, 1.82) is 0 Å². The average Bonchev–Trinajstić information content (AvgIpc) is 3.32. The number of pyridine rings is 1. The maximum atomic E-state index is 5.48. The van der Waals surface area contributed by atoms with Crippen LogP contribution in [0.1, 0.15) is 0 Å². The van der Waals surface area contributed by atoms with E-state index in [2.05, 4.69) is 224 Å². The van der Waals surface area contributed by atoms with Gasteiger partial charge in [-0.2, -0.15) is 0 Å². The minimum atomic E-state index is 0.956. The lowest BCUT2D eigenvalue weighted by atomic mass is 9.84. The Kier molecular flexibility index (Phi) is 7.92. The molecule has 1 nitrogen and oxygen atoms in total. The molecule has 0 aliphatic rings. The third-order valence-corrected chi connectivity index (χ3v) is 12.4. The van der Waals surface area contributed by atoms with Gasteiger partial charge in [-0.25, -0.2) is 4.98 Å². The normalized spacial score (nSPS) is 11.7. The molecule has 0 amide bonds. The van der Waals surface area contributed by atoms with Gasteiger partial charge in [-0.05, 0) is 128 Å². The molecule has 0 aliphatic carbocycles. The van der Waals surface area contributed by atoms with E-state index < -0.39 is 0 Å². The van der Waals surface area contributed by atoms with Gasteiger partial charge in [0.1, 0.15) is 0 Å². The second-order valence-corrected chi connectivity index (χ2v) is 15.9. The van der Waals surface area contributed by atoms with Crippen LogP contribution in [0.4, 0.5) is 0 Å². The van der Waals surface area contributed by atoms with Gasteiger partial charge in [0.05, 0.1) is 11.4 Å². The summed E-state index contributed by atoms with van der Waals surface area (Å²) in [4.78, 5) is 5.48. The van der Waals surface area contributed by atoms with Crippen LogP contribution >= 0.6 is 0 Å². The van der Waals surface area contributed by atoms with E-state index >= 15 is 0 Å². The Hall–Kier alpha value is -7.87. The highest BCUT2D eigenvalue weighted by Gasteiger charge is 2.20. The van der Waals surface area contributed by atoms with E-state index in [9.17, 15) is 0 Å². The second-order valence-electron chi connectivity index (χ2n) is 15.9. The zero-order chi connectivity index (χ0) is 39.6. The summed E-state index contributed by atoms with van der Waals surface area (Å²) in [5.74, 6) is 0. The highest BCUT2D eigenvalue weighted by molar-refractivity contribution is 6.22. The van der Waals surface area contributed by atoms with E-state index in [0.717, 1.165) is 33.6 Å². The molecule has 0 saturated carbocycles. The van der Waals surface area contributed by atoms with Crippen molar-refractivity contribution in [3.63, 3.8) is 0 Å². The molecule has 0 atom stereocenters. The lowest BCUT2D eigenvalue weighted by molar-refractivity contribution is 1.33. The second kappa shape index (κ2) is 13.9. The van der Waals surface area contributed by atoms with Crippen molar-refractivity contribution < 1.29 is 0 Å². The van der Waals surface area contributed by atoms with Crippen molar-refractivity contribution in [3.05, 3.63) is 224 Å². The molecule has 1 aromatic heterocycles. The van der Waals surface area contributed by atoms with Gasteiger partial charge >= 0.3 is 0 Å². The highest BCUT2D eigenvalue weighted by atomic mass is 14.7. The Morgan fingerprint density at radius 3 is 1.15 bits per heavy atom. The van der Waals surface area contributed by atoms with Gasteiger partial charge in [0.2, 0.25) is 0 Å². The van der Waals surface area contributed by atoms with Gasteiger partial charge in [-0.3, -0.25) is 0 Å². The highest BCUT2D eigenvalue weighted by Crippen LogP contribution is 2.46. The van der Waals surface area contributed by atoms with Crippen LogP contribution < -0.4 is 0 Å². The first-order valence-corrected chi connectivity index (χ1v) is 20.7. The molecular formula is C59H37N. The van der Waals surface area contributed by atoms with Crippen molar-refractivity contribution in [1.82, 2.24) is 4.98 Å². The molecule has 1 heteroatoms. The third kappa shape index (κ3) is 5.67. The summed E-state index contributed by atoms with van der Waals surface area (Å²) in [6.07, 6.45) is 0. The monoisotopic (exact) mass is 759 g/mol. The fourth-order valence-electron chi connectivity index (χ4n) is 9.54. The number of hydrogen-bond donors (Lipinski definition) is 0. The standard InChI is InChI=1S/C59H37N/c1-3-17-42-33-45(29-27-38(42)13-1)58-52-23-9-10-24-53(52)59(46-30-28-39-14-2-4-18-43(39)34-46)55-35-44(31-32-54(55)58)47-36-56(50-25-11-19-40-15-5-7-21-48(40)50)60-57(37-47)51-26-12-20-41-16-6-8-22-49(41)51/h1-37H. The van der Waals surface area contributed by atoms with Crippen LogP contribution in [-0.2, 0) is 0 Å². The van der Waals surface area contributed by atoms with E-state index in [0.29, 0.717) is 0 Å². The average molecular weight is 760 g/mol. The zero-order valence-electron chi connectivity index (χ0n) is 32.8. The topological polar surface area (TPSA) is 12.9 Å². The van der Waals surface area contributed by atoms with Gasteiger partial charge in [-0.1, -0.05) is 194 Å². The smallest absolute Gasteiger partial charge is 0.0721 e. The number of aromatic nitrogens is 1. The van der Waals surface area contributed by atoms with Crippen molar-refractivity contribution in [2.75, 3.05) is 0 Å². The maximum Gasteiger partial charge on any atom is 0.0721 e. The van der Waals surface area contributed by atoms with Gasteiger partial charge in [0.15, 0.2) is 0 Å². The molecule has 0 bridgehead atoms. The molecule has 1 heterocycles. The van der Waals surface area contributed by atoms with Gasteiger partial charge in [0.25, 0.3) is 0 Å². The number of hydrogen-bond acceptors (Lipinski definition) is 1. The van der Waals surface area contributed by atoms with E-state index in [1.165, 1.54) is 86.9 Å². The molecular weight excluding hydrogens is 723 g/mol. The lowest BCUT2D eigenvalue weighted by Gasteiger charge is -2.20. The number of fused-ring (bicyclic) bond motifs is 6. The van der Waals surface area contributed by atoms with Crippen LogP contribution in [-0.4, -0.2) is 4.98 Å². The Balaban J connectivity index is 1.17. The van der Waals surface area contributed by atoms with Crippen molar-refractivity contribution in [2.24, 2.45) is 0 Å². The first kappa shape index (κ1) is 34.2. The molecule has 12 aromatic rings. The minimum absolute atomic E-state index is 0.956. The fraction of sp³-hybridized carbons (Fsp3) is 0. The number of benzene rings is 11. The van der Waals surface area contributed by atoms with Crippen molar-refractivity contribution >= 4 is 64.6 Å². The number of nitrogens with zero attached hydrogens (tertiary/aromatic N) is 1. The molecule has 0 N–H and O–H groups in total. The summed E-state index contributed by atoms with van der Waals surface area (Å²) >= 11 is 0. The number of rotatable bonds is 5. The van der Waals surface area contributed by atoms with Crippen LogP contribution in [0.3, 0.4) is 0 Å². The van der Waals surface area contributed by atoms with E-state index in [1.54, 1.807) is 0 Å². The molecule has 0 aliphatic heterocycles. The Labute approximate surface area is 348 Å². The molecule has 0 unspecified atom stereocenters. The largest absolute Gasteiger partial charge is 0.248 e. The molecule has 278 valence electrons. The van der Waals surface area contributed by atoms with E-state index in [-0.39, 0.29) is 0 Å². The molecule has 12 rings (SSSR count). The minimum Gasteiger partial charge on any atom is -0.248 e. The summed E-state index contributed by atoms with van der Waals surface area (Å²) in [6, 6.07) is 82.2. The Morgan fingerprint density at radius 1 is 0.217 bits per heavy atom. The molecule has 0 fully saturated rings. The predicted molar refractivity (Wildman–Crippen MR) is 256 cm³/mol. The summed E-state index contributed by atoms with van der Waals surface area (Å²) in [7, 11) is 0. The van der Waals surface area contributed by atoms with E-state index in [4.69, 9.17) is 4.98 Å². The van der Waals surface area contributed by atoms with Crippen LogP contribution in [0.25, 0.3) is 121 Å². The van der Waals surface area contributed by atoms with Gasteiger partial charge in [-0.15, -0.1) is 0 Å². The van der Waals surface area contributed by atoms with Crippen molar-refractivity contribution in [3.8, 4) is 55.9 Å². The van der Waals surface area contributed by atoms with Crippen LogP contribution in [0.5, 0.6) is 0 Å². The molecule has 60 heavy (non-hydrogen) atoms. The van der Waals surface area contributed by atoms with Gasteiger partial charge in [0, 0.05) is 11.1 Å². The predicted octanol–water partition coefficient (Wildman–Crippen LogP) is 16.3. The molecule has 11 aromatic carbocycles. The van der Waals surface area contributed by atoms with Gasteiger partial charge < -0.3 is 0 Å². The van der Waals surface area contributed by atoms with Crippen molar-refractivity contribution in [2.45, 2.75) is 0 Å². The lowest BCUT2D eigenvalue weighted by Crippen LogP contribution is -1.94. The zero-order valence-corrected chi connectivity index (χ0v) is 32.8. The van der Waals surface area contributed by atoms with Crippen LogP contribution in [0.15, 0.2) is 224 Å². The SMILES string of the molecule is c1ccc2cc(-c3c4ccccc4c(-c4ccc5ccccc5c4)c4cc(-c5cc(-c6cccc7ccccc67)nc(-c6cccc7ccccc67)c5)ccc34)ccc2c1. The first-order chi connectivity index (χ1) is 29.7. The Morgan fingerprint density at radius 2 is 0.617 bits per heavy atom. The van der Waals surface area contributed by atoms with E-state index in [1.807, 2.05) is 0 Å². The van der Waals surface area contributed by atoms with Crippen LogP contribution in [0, 0.1) is 0 Å². The quantitative estimate of drug-likeness (QED) is 0.159. The Bertz CT molecular complexity index is 3560. The summed E-state index contributed by atoms with van der Waals surface area (Å²) in [5, 5.41) is 14.7. The summed E-state index contributed by atoms with van der Waals surface area (Å²) in [5.41, 5.74) is 11.4. The third-order valence-electron chi connectivity index (χ3n) is 12.4. The molecule has 0 spiro atoms. The fourth-order valence-corrected chi connectivity index (χ4v) is 9.54. The first-order valence-electron chi connectivity index (χ1n) is 20.7. The summed E-state index contributed by atoms with van der Waals surface area (Å²) in [6.45, 7) is 0. The molecule has 0 radical (unpaired) electrons. The maximum absolute atomic E-state index is 5.48. The molecule has 0 saturated heterocycles.